The molecule has 0 saturated carbocycles. The van der Waals surface area contributed by atoms with Gasteiger partial charge in [-0.15, -0.1) is 11.3 Å². The molecule has 0 unspecified atom stereocenters. The molecule has 0 aliphatic heterocycles. The first-order chi connectivity index (χ1) is 11.1. The Balaban J connectivity index is 1.93. The largest absolute Gasteiger partial charge is 0.495 e. The summed E-state index contributed by atoms with van der Waals surface area (Å²) in [4.78, 5) is 17.0. The topological polar surface area (TPSA) is 56.1 Å². The molecule has 3 aromatic rings. The molecular weight excluding hydrogens is 310 g/mol. The molecule has 0 radical (unpaired) electrons. The summed E-state index contributed by atoms with van der Waals surface area (Å²) in [5.74, 6) is 0.472. The smallest absolute Gasteiger partial charge is 0.257 e. The number of para-hydroxylation sites is 2. The van der Waals surface area contributed by atoms with E-state index < -0.39 is 0 Å². The molecule has 1 aromatic carbocycles. The lowest BCUT2D eigenvalue weighted by molar-refractivity contribution is 0.102. The van der Waals surface area contributed by atoms with Gasteiger partial charge in [-0.25, -0.2) is 4.98 Å². The second kappa shape index (κ2) is 6.26. The molecule has 2 heterocycles. The van der Waals surface area contributed by atoms with Crippen molar-refractivity contribution in [3.05, 3.63) is 58.9 Å². The third-order valence-electron chi connectivity index (χ3n) is 3.64. The van der Waals surface area contributed by atoms with Crippen molar-refractivity contribution in [1.82, 2.24) is 9.55 Å². The second-order valence-corrected chi connectivity index (χ2v) is 5.96. The SMILES string of the molecule is COc1ccccc1NC(=O)c1cc(C)n(-c2nccs2)c1C. The number of nitrogens with zero attached hydrogens (tertiary/aromatic N) is 2. The van der Waals surface area contributed by atoms with Gasteiger partial charge in [0.2, 0.25) is 0 Å². The molecule has 0 saturated heterocycles. The Morgan fingerprint density at radius 1 is 1.30 bits per heavy atom. The molecule has 23 heavy (non-hydrogen) atoms. The number of aryl methyl sites for hydroxylation is 1. The number of ether oxygens (including phenoxy) is 1. The number of nitrogens with one attached hydrogen (secondary N) is 1. The number of anilines is 1. The Bertz CT molecular complexity index is 838. The Morgan fingerprint density at radius 2 is 2.09 bits per heavy atom. The lowest BCUT2D eigenvalue weighted by Crippen LogP contribution is -2.13. The van der Waals surface area contributed by atoms with Gasteiger partial charge in [0.05, 0.1) is 18.4 Å². The number of carbonyl (C=O) groups excluding carboxylic acids is 1. The minimum Gasteiger partial charge on any atom is -0.495 e. The minimum absolute atomic E-state index is 0.162. The van der Waals surface area contributed by atoms with Crippen LogP contribution in [0.5, 0.6) is 5.75 Å². The number of hydrogen-bond donors (Lipinski definition) is 1. The summed E-state index contributed by atoms with van der Waals surface area (Å²) in [5, 5.41) is 5.69. The standard InChI is InChI=1S/C17H17N3O2S/c1-11-10-13(12(2)20(11)17-18-8-9-23-17)16(21)19-14-6-4-5-7-15(14)22-3/h4-10H,1-3H3,(H,19,21). The fourth-order valence-corrected chi connectivity index (χ4v) is 3.30. The normalized spacial score (nSPS) is 10.6. The molecular formula is C17H17N3O2S. The molecule has 5 nitrogen and oxygen atoms in total. The van der Waals surface area contributed by atoms with Crippen molar-refractivity contribution in [3.8, 4) is 10.9 Å². The quantitative estimate of drug-likeness (QED) is 0.793. The molecule has 2 aromatic heterocycles. The molecule has 6 heteroatoms. The number of thiazole rings is 1. The third-order valence-corrected chi connectivity index (χ3v) is 4.40. The van der Waals surface area contributed by atoms with Gasteiger partial charge in [-0.2, -0.15) is 0 Å². The third kappa shape index (κ3) is 2.85. The van der Waals surface area contributed by atoms with Crippen LogP contribution in [0.3, 0.4) is 0 Å². The van der Waals surface area contributed by atoms with Crippen molar-refractivity contribution >= 4 is 22.9 Å². The highest BCUT2D eigenvalue weighted by Crippen LogP contribution is 2.26. The van der Waals surface area contributed by atoms with Crippen LogP contribution in [0.15, 0.2) is 41.9 Å². The van der Waals surface area contributed by atoms with Crippen LogP contribution in [0.4, 0.5) is 5.69 Å². The van der Waals surface area contributed by atoms with Gasteiger partial charge in [0, 0.05) is 23.0 Å². The Labute approximate surface area is 138 Å². The first kappa shape index (κ1) is 15.3. The van der Waals surface area contributed by atoms with Crippen LogP contribution in [0.2, 0.25) is 0 Å². The van der Waals surface area contributed by atoms with Gasteiger partial charge in [-0.3, -0.25) is 9.36 Å². The monoisotopic (exact) mass is 327 g/mol. The summed E-state index contributed by atoms with van der Waals surface area (Å²) in [7, 11) is 1.58. The van der Waals surface area contributed by atoms with Gasteiger partial charge in [-0.1, -0.05) is 12.1 Å². The summed E-state index contributed by atoms with van der Waals surface area (Å²) in [5.41, 5.74) is 3.12. The highest BCUT2D eigenvalue weighted by molar-refractivity contribution is 7.12. The van der Waals surface area contributed by atoms with Gasteiger partial charge >= 0.3 is 0 Å². The Kier molecular flexibility index (Phi) is 4.16. The molecule has 0 aliphatic carbocycles. The van der Waals surface area contributed by atoms with Crippen molar-refractivity contribution < 1.29 is 9.53 Å². The lowest BCUT2D eigenvalue weighted by Gasteiger charge is -2.10. The Hall–Kier alpha value is -2.60. The van der Waals surface area contributed by atoms with Crippen molar-refractivity contribution in [1.29, 1.82) is 0 Å². The van der Waals surface area contributed by atoms with Gasteiger partial charge in [-0.05, 0) is 32.0 Å². The molecule has 0 bridgehead atoms. The van der Waals surface area contributed by atoms with Crippen LogP contribution in [0.25, 0.3) is 5.13 Å². The minimum atomic E-state index is -0.162. The molecule has 1 N–H and O–H groups in total. The molecule has 0 aliphatic rings. The Morgan fingerprint density at radius 3 is 2.78 bits per heavy atom. The van der Waals surface area contributed by atoms with Gasteiger partial charge in [0.25, 0.3) is 5.91 Å². The summed E-state index contributed by atoms with van der Waals surface area (Å²) < 4.78 is 7.26. The van der Waals surface area contributed by atoms with Gasteiger partial charge < -0.3 is 10.1 Å². The molecule has 118 valence electrons. The maximum atomic E-state index is 12.6. The van der Waals surface area contributed by atoms with E-state index in [4.69, 9.17) is 4.74 Å². The van der Waals surface area contributed by atoms with Crippen LogP contribution in [0, 0.1) is 13.8 Å². The van der Waals surface area contributed by atoms with Crippen molar-refractivity contribution in [2.45, 2.75) is 13.8 Å². The number of hydrogen-bond acceptors (Lipinski definition) is 4. The number of amides is 1. The average molecular weight is 327 g/mol. The van der Waals surface area contributed by atoms with E-state index in [0.717, 1.165) is 16.5 Å². The van der Waals surface area contributed by atoms with Crippen LogP contribution < -0.4 is 10.1 Å². The van der Waals surface area contributed by atoms with Crippen LogP contribution in [-0.4, -0.2) is 22.6 Å². The van der Waals surface area contributed by atoms with E-state index in [1.165, 1.54) is 11.3 Å². The highest BCUT2D eigenvalue weighted by atomic mass is 32.1. The van der Waals surface area contributed by atoms with E-state index >= 15 is 0 Å². The molecule has 0 fully saturated rings. The van der Waals surface area contributed by atoms with Gasteiger partial charge in [0.15, 0.2) is 5.13 Å². The zero-order valence-electron chi connectivity index (χ0n) is 13.2. The molecule has 0 atom stereocenters. The predicted octanol–water partition coefficient (Wildman–Crippen LogP) is 3.81. The predicted molar refractivity (Wildman–Crippen MR) is 91.9 cm³/mol. The van der Waals surface area contributed by atoms with Crippen molar-refractivity contribution in [2.24, 2.45) is 0 Å². The first-order valence-electron chi connectivity index (χ1n) is 7.15. The van der Waals surface area contributed by atoms with E-state index in [9.17, 15) is 4.79 Å². The van der Waals surface area contributed by atoms with E-state index in [1.807, 2.05) is 54.1 Å². The fourth-order valence-electron chi connectivity index (χ4n) is 2.55. The van der Waals surface area contributed by atoms with Gasteiger partial charge in [0.1, 0.15) is 5.75 Å². The summed E-state index contributed by atoms with van der Waals surface area (Å²) >= 11 is 1.54. The highest BCUT2D eigenvalue weighted by Gasteiger charge is 2.18. The van der Waals surface area contributed by atoms with E-state index in [-0.39, 0.29) is 5.91 Å². The van der Waals surface area contributed by atoms with Crippen molar-refractivity contribution in [3.63, 3.8) is 0 Å². The number of carbonyl (C=O) groups is 1. The number of aromatic nitrogens is 2. The number of benzene rings is 1. The van der Waals surface area contributed by atoms with E-state index in [0.29, 0.717) is 17.0 Å². The number of rotatable bonds is 4. The van der Waals surface area contributed by atoms with Crippen LogP contribution in [-0.2, 0) is 0 Å². The zero-order chi connectivity index (χ0) is 16.4. The lowest BCUT2D eigenvalue weighted by atomic mass is 10.2. The number of methoxy groups -OCH3 is 1. The summed E-state index contributed by atoms with van der Waals surface area (Å²) in [6.45, 7) is 3.89. The maximum Gasteiger partial charge on any atom is 0.257 e. The molecule has 0 spiro atoms. The summed E-state index contributed by atoms with van der Waals surface area (Å²) in [6, 6.07) is 9.23. The van der Waals surface area contributed by atoms with Crippen LogP contribution >= 0.6 is 11.3 Å². The van der Waals surface area contributed by atoms with E-state index in [2.05, 4.69) is 10.3 Å². The average Bonchev–Trinajstić information content (AvgIpc) is 3.15. The van der Waals surface area contributed by atoms with Crippen molar-refractivity contribution in [2.75, 3.05) is 12.4 Å². The van der Waals surface area contributed by atoms with Crippen LogP contribution in [0.1, 0.15) is 21.7 Å². The van der Waals surface area contributed by atoms with E-state index in [1.54, 1.807) is 13.3 Å². The molecule has 1 amide bonds. The second-order valence-electron chi connectivity index (χ2n) is 5.09. The zero-order valence-corrected chi connectivity index (χ0v) is 14.0. The first-order valence-corrected chi connectivity index (χ1v) is 8.03. The maximum absolute atomic E-state index is 12.6. The summed E-state index contributed by atoms with van der Waals surface area (Å²) in [6.07, 6.45) is 1.76. The fraction of sp³-hybridized carbons (Fsp3) is 0.176. The molecule has 3 rings (SSSR count).